The van der Waals surface area contributed by atoms with Gasteiger partial charge in [0, 0.05) is 109 Å². The van der Waals surface area contributed by atoms with E-state index in [9.17, 15) is 47.8 Å². The molecule has 4 aromatic rings. The zero-order valence-electron chi connectivity index (χ0n) is 47.3. The van der Waals surface area contributed by atoms with Crippen LogP contribution in [0, 0.1) is 11.6 Å². The Morgan fingerprint density at radius 3 is 1.35 bits per heavy atom. The van der Waals surface area contributed by atoms with E-state index in [1.165, 1.54) is 46.9 Å². The van der Waals surface area contributed by atoms with Crippen LogP contribution in [0.5, 0.6) is 0 Å². The number of amides is 4. The summed E-state index contributed by atoms with van der Waals surface area (Å²) in [5.41, 5.74) is 0.424. The molecule has 6 atom stereocenters. The highest BCUT2D eigenvalue weighted by atomic mass is 35.5. The van der Waals surface area contributed by atoms with E-state index in [4.69, 9.17) is 42.7 Å². The van der Waals surface area contributed by atoms with Gasteiger partial charge in [-0.25, -0.2) is 37.9 Å². The smallest absolute Gasteiger partial charge is 0.338 e. The van der Waals surface area contributed by atoms with Crippen LogP contribution in [0.3, 0.4) is 0 Å². The van der Waals surface area contributed by atoms with Gasteiger partial charge in [0.2, 0.25) is 0 Å². The second kappa shape index (κ2) is 24.8. The number of rotatable bonds is 14. The van der Waals surface area contributed by atoms with Crippen molar-refractivity contribution in [3.63, 3.8) is 0 Å². The minimum Gasteiger partial charge on any atom is -0.480 e. The Morgan fingerprint density at radius 2 is 1.02 bits per heavy atom. The van der Waals surface area contributed by atoms with Crippen LogP contribution in [-0.2, 0) is 28.7 Å². The minimum atomic E-state index is -1.08. The van der Waals surface area contributed by atoms with E-state index < -0.39 is 82.8 Å². The van der Waals surface area contributed by atoms with Crippen LogP contribution in [-0.4, -0.2) is 198 Å². The number of aliphatic carboxylic acids is 2. The molecule has 8 heterocycles. The Hall–Kier alpha value is -7.10. The monoisotopic (exact) mass is 1240 g/mol. The van der Waals surface area contributed by atoms with Crippen LogP contribution in [0.2, 0.25) is 10.0 Å². The van der Waals surface area contributed by atoms with Crippen molar-refractivity contribution in [2.75, 3.05) is 65.6 Å². The van der Waals surface area contributed by atoms with E-state index in [0.29, 0.717) is 46.2 Å². The number of piperazine rings is 2. The van der Waals surface area contributed by atoms with Crippen molar-refractivity contribution in [2.45, 2.75) is 103 Å². The van der Waals surface area contributed by atoms with Gasteiger partial charge in [0.15, 0.2) is 21.7 Å². The maximum Gasteiger partial charge on any atom is 0.338 e. The lowest BCUT2D eigenvalue weighted by Crippen LogP contribution is -2.62. The van der Waals surface area contributed by atoms with Crippen molar-refractivity contribution >= 4 is 93.5 Å². The number of halogens is 4. The van der Waals surface area contributed by atoms with E-state index >= 15 is 0 Å². The lowest BCUT2D eigenvalue weighted by atomic mass is 9.94. The molecule has 0 spiro atoms. The van der Waals surface area contributed by atoms with Crippen LogP contribution in [0.4, 0.5) is 18.4 Å². The Kier molecular flexibility index (Phi) is 18.2. The van der Waals surface area contributed by atoms with Crippen molar-refractivity contribution < 1.29 is 57.2 Å². The number of urea groups is 2. The van der Waals surface area contributed by atoms with Gasteiger partial charge in [-0.1, -0.05) is 47.5 Å². The number of amidine groups is 2. The molecule has 84 heavy (non-hydrogen) atoms. The van der Waals surface area contributed by atoms with Crippen LogP contribution in [0.1, 0.15) is 88.6 Å². The Labute approximate surface area is 501 Å². The maximum absolute atomic E-state index is 14.6. The van der Waals surface area contributed by atoms with Crippen LogP contribution in [0.15, 0.2) is 92.1 Å². The molecule has 4 fully saturated rings. The molecular formula is C56H64Cl2F2N12O10S2. The maximum atomic E-state index is 14.6. The number of thiazole rings is 2. The van der Waals surface area contributed by atoms with Gasteiger partial charge in [0.25, 0.3) is 0 Å². The molecule has 0 saturated carbocycles. The Morgan fingerprint density at radius 1 is 0.643 bits per heavy atom. The molecule has 10 rings (SSSR count). The van der Waals surface area contributed by atoms with Gasteiger partial charge in [-0.15, -0.1) is 22.7 Å². The van der Waals surface area contributed by atoms with Gasteiger partial charge in [0.05, 0.1) is 46.5 Å². The zero-order chi connectivity index (χ0) is 60.7. The van der Waals surface area contributed by atoms with E-state index in [1.54, 1.807) is 78.5 Å². The molecule has 2 aromatic heterocycles. The van der Waals surface area contributed by atoms with Crippen LogP contribution >= 0.6 is 45.9 Å². The Balaban J connectivity index is 0.000000202. The predicted molar refractivity (Wildman–Crippen MR) is 310 cm³/mol. The number of ether oxygens (including phenoxy) is 2. The largest absolute Gasteiger partial charge is 0.480 e. The third kappa shape index (κ3) is 12.2. The number of nitrogens with zero attached hydrogens (tertiary/aromatic N) is 10. The number of carbonyl (C=O) groups is 6. The first kappa shape index (κ1) is 61.5. The lowest BCUT2D eigenvalue weighted by molar-refractivity contribution is -0.148. The summed E-state index contributed by atoms with van der Waals surface area (Å²) in [6.45, 7) is 16.6. The highest BCUT2D eigenvalue weighted by Crippen LogP contribution is 2.41. The molecule has 0 radical (unpaired) electrons. The van der Waals surface area contributed by atoms with Gasteiger partial charge in [0.1, 0.15) is 35.8 Å². The number of hydrogen-bond donors (Lipinski definition) is 4. The molecule has 6 aliphatic heterocycles. The van der Waals surface area contributed by atoms with Crippen molar-refractivity contribution in [2.24, 2.45) is 9.98 Å². The average molecular weight is 1240 g/mol. The SMILES string of the molecule is CCOC(=O)C1=C(CN2CCN3C(=O)N(C(C)(C)C)C[C@@H]3[C@H]2C(=O)O)NC(c2nccs2)=N[C@H]1c1cccc(F)c1Cl.CCOC(=O)C1=C(CN2CCN3C(=O)N(C(C)(C)C)C[C@H]3[C@@H]2C(=O)O)NC(c2nccs2)=N[C@H]1c1cccc(F)c1Cl. The first-order valence-corrected chi connectivity index (χ1v) is 29.6. The number of hydrogen-bond acceptors (Lipinski definition) is 18. The number of fused-ring (bicyclic) bond motifs is 2. The molecule has 28 heteroatoms. The number of nitrogens with one attached hydrogen (secondary N) is 2. The average Bonchev–Trinajstić information content (AvgIpc) is 1.72. The molecule has 4 N–H and O–H groups in total. The predicted octanol–water partition coefficient (Wildman–Crippen LogP) is 7.03. The summed E-state index contributed by atoms with van der Waals surface area (Å²) in [5.74, 6) is -4.21. The van der Waals surface area contributed by atoms with Gasteiger partial charge in [-0.3, -0.25) is 29.4 Å². The summed E-state index contributed by atoms with van der Waals surface area (Å²) < 4.78 is 40.0. The van der Waals surface area contributed by atoms with Gasteiger partial charge in [-0.05, 0) is 67.5 Å². The number of benzene rings is 2. The molecule has 22 nitrogen and oxygen atoms in total. The standard InChI is InChI=1S/2C28H32ClFN6O5S/c2*1-5-41-26(39)19-17(13-34-10-11-35-18(22(34)25(37)38)14-36(27(35)40)28(2,3)4)32-23(24-31-9-12-42-24)33-21(19)15-7-6-8-16(30)20(15)29/h2*6-9,12,18,21-22H,5,10-11,13-14H2,1-4H3,(H,32,33)(H,37,38)/t18-,21+,22+;18-,21-,22+/m10/s1. The normalized spacial score (nSPS) is 23.0. The highest BCUT2D eigenvalue weighted by Gasteiger charge is 2.54. The summed E-state index contributed by atoms with van der Waals surface area (Å²) in [6.07, 6.45) is 3.22. The van der Waals surface area contributed by atoms with Crippen LogP contribution in [0.25, 0.3) is 0 Å². The second-order valence-corrected chi connectivity index (χ2v) is 24.9. The molecular weight excluding hydrogens is 1170 g/mol. The zero-order valence-corrected chi connectivity index (χ0v) is 50.4. The fraction of sp³-hybridized carbons (Fsp3) is 0.464. The minimum absolute atomic E-state index is 0.00695. The van der Waals surface area contributed by atoms with Crippen molar-refractivity contribution in [3.05, 3.63) is 125 Å². The van der Waals surface area contributed by atoms with E-state index in [0.717, 1.165) is 0 Å². The van der Waals surface area contributed by atoms with Gasteiger partial charge < -0.3 is 49.9 Å². The molecule has 6 aliphatic rings. The van der Waals surface area contributed by atoms with Gasteiger partial charge >= 0.3 is 35.9 Å². The molecule has 4 saturated heterocycles. The number of carboxylic acids is 2. The highest BCUT2D eigenvalue weighted by molar-refractivity contribution is 7.12. The lowest BCUT2D eigenvalue weighted by Gasteiger charge is -2.42. The summed E-state index contributed by atoms with van der Waals surface area (Å²) in [4.78, 5) is 107. The quantitative estimate of drug-likeness (QED) is 0.0924. The third-order valence-corrected chi connectivity index (χ3v) is 17.5. The topological polar surface area (TPSA) is 255 Å². The first-order valence-electron chi connectivity index (χ1n) is 27.1. The second-order valence-electron chi connectivity index (χ2n) is 22.4. The van der Waals surface area contributed by atoms with Crippen molar-refractivity contribution in [1.29, 1.82) is 0 Å². The summed E-state index contributed by atoms with van der Waals surface area (Å²) >= 11 is 15.4. The summed E-state index contributed by atoms with van der Waals surface area (Å²) in [7, 11) is 0. The molecule has 0 unspecified atom stereocenters. The molecule has 0 aliphatic carbocycles. The molecule has 448 valence electrons. The van der Waals surface area contributed by atoms with Crippen molar-refractivity contribution in [3.8, 4) is 0 Å². The fourth-order valence-corrected chi connectivity index (χ4v) is 12.9. The van der Waals surface area contributed by atoms with E-state index in [2.05, 4.69) is 20.6 Å². The van der Waals surface area contributed by atoms with E-state index in [1.807, 2.05) is 41.5 Å². The van der Waals surface area contributed by atoms with Crippen molar-refractivity contribution in [1.82, 2.24) is 50.0 Å². The number of carbonyl (C=O) groups excluding carboxylic acids is 4. The first-order chi connectivity index (χ1) is 39.8. The third-order valence-electron chi connectivity index (χ3n) is 15.2. The van der Waals surface area contributed by atoms with Crippen LogP contribution < -0.4 is 10.6 Å². The van der Waals surface area contributed by atoms with E-state index in [-0.39, 0.29) is 96.9 Å². The number of aromatic nitrogens is 2. The fourth-order valence-electron chi connectivity index (χ4n) is 11.3. The van der Waals surface area contributed by atoms with Gasteiger partial charge in [-0.2, -0.15) is 0 Å². The molecule has 0 bridgehead atoms. The summed E-state index contributed by atoms with van der Waals surface area (Å²) in [6, 6.07) is 2.80. The number of esters is 2. The Bertz CT molecular complexity index is 3140. The molecule has 2 aromatic carbocycles. The summed E-state index contributed by atoms with van der Waals surface area (Å²) in [5, 5.41) is 31.4. The number of carboxylic acid groups (broad SMARTS) is 2. The number of aliphatic imine (C=N–C) groups is 2. The molecule has 4 amide bonds.